The van der Waals surface area contributed by atoms with Gasteiger partial charge in [0.05, 0.1) is 23.7 Å². The van der Waals surface area contributed by atoms with Crippen LogP contribution in [0, 0.1) is 11.6 Å². The molecule has 5 rings (SSSR count). The van der Waals surface area contributed by atoms with E-state index in [1.54, 1.807) is 35.0 Å². The fraction of sp³-hybridized carbons (Fsp3) is 0.200. The highest BCUT2D eigenvalue weighted by atomic mass is 32.2. The lowest BCUT2D eigenvalue weighted by Gasteiger charge is -2.07. The molecule has 1 fully saturated rings. The molecule has 1 aliphatic rings. The van der Waals surface area contributed by atoms with Gasteiger partial charge in [-0.15, -0.1) is 0 Å². The van der Waals surface area contributed by atoms with Crippen LogP contribution in [-0.2, 0) is 17.5 Å². The molecule has 1 N–H and O–H groups in total. The molecule has 1 unspecified atom stereocenters. The number of benzene rings is 1. The minimum Gasteiger partial charge on any atom is -0.364 e. The molecular formula is C20H16F2N6O2S. The summed E-state index contributed by atoms with van der Waals surface area (Å²) >= 11 is 0. The number of nitrogens with one attached hydrogen (secondary N) is 1. The highest BCUT2D eigenvalue weighted by molar-refractivity contribution is 7.87. The van der Waals surface area contributed by atoms with E-state index in [0.717, 1.165) is 19.0 Å². The van der Waals surface area contributed by atoms with Crippen LogP contribution < -0.4 is 4.72 Å². The van der Waals surface area contributed by atoms with Crippen LogP contribution >= 0.6 is 0 Å². The summed E-state index contributed by atoms with van der Waals surface area (Å²) in [6, 6.07) is 9.69. The predicted octanol–water partition coefficient (Wildman–Crippen LogP) is 3.56. The van der Waals surface area contributed by atoms with Crippen molar-refractivity contribution in [2.45, 2.75) is 24.6 Å². The summed E-state index contributed by atoms with van der Waals surface area (Å²) in [5.74, 6) is -1.09. The van der Waals surface area contributed by atoms with E-state index in [9.17, 15) is 13.0 Å². The molecular weight excluding hydrogens is 426 g/mol. The minimum atomic E-state index is -1.41. The number of halogens is 2. The first-order chi connectivity index (χ1) is 15.1. The standard InChI is InChI=1S/C20H16F2N6O2S/c21-14-4-2-1-3-12(14)11-28-18(16-7-8-30-26-16)9-17(25-28)20-23-10-15(22)19(24-20)27-31(29)13-5-6-13/h1-4,7-10,13H,5-6,11H2,(H,23,24,27). The van der Waals surface area contributed by atoms with Crippen LogP contribution in [0.5, 0.6) is 0 Å². The van der Waals surface area contributed by atoms with Gasteiger partial charge in [0, 0.05) is 11.6 Å². The van der Waals surface area contributed by atoms with Crippen LogP contribution in [0.1, 0.15) is 18.4 Å². The maximum atomic E-state index is 14.2. The Bertz CT molecular complexity index is 1260. The van der Waals surface area contributed by atoms with Crippen LogP contribution in [0.3, 0.4) is 0 Å². The number of nitrogens with zero attached hydrogens (tertiary/aromatic N) is 5. The van der Waals surface area contributed by atoms with Gasteiger partial charge >= 0.3 is 0 Å². The number of aromatic nitrogens is 5. The molecule has 0 bridgehead atoms. The van der Waals surface area contributed by atoms with Crippen molar-refractivity contribution in [3.8, 4) is 22.9 Å². The van der Waals surface area contributed by atoms with Crippen molar-refractivity contribution in [2.75, 3.05) is 4.72 Å². The van der Waals surface area contributed by atoms with Crippen molar-refractivity contribution in [3.63, 3.8) is 0 Å². The topological polar surface area (TPSA) is 98.7 Å². The first kappa shape index (κ1) is 19.5. The van der Waals surface area contributed by atoms with Crippen LogP contribution in [0.25, 0.3) is 22.9 Å². The van der Waals surface area contributed by atoms with E-state index in [4.69, 9.17) is 4.52 Å². The van der Waals surface area contributed by atoms with E-state index in [2.05, 4.69) is 24.9 Å². The number of hydrogen-bond acceptors (Lipinski definition) is 6. The Morgan fingerprint density at radius 2 is 2.00 bits per heavy atom. The fourth-order valence-electron chi connectivity index (χ4n) is 3.01. The Kier molecular flexibility index (Phi) is 5.02. The van der Waals surface area contributed by atoms with E-state index in [1.807, 2.05) is 0 Å². The van der Waals surface area contributed by atoms with E-state index in [-0.39, 0.29) is 29.3 Å². The number of rotatable bonds is 7. The Labute approximate surface area is 177 Å². The zero-order valence-corrected chi connectivity index (χ0v) is 16.9. The maximum Gasteiger partial charge on any atom is 0.184 e. The molecule has 8 nitrogen and oxygen atoms in total. The van der Waals surface area contributed by atoms with Gasteiger partial charge in [0.15, 0.2) is 17.5 Å². The summed E-state index contributed by atoms with van der Waals surface area (Å²) in [6.07, 6.45) is 4.08. The second-order valence-electron chi connectivity index (χ2n) is 7.04. The highest BCUT2D eigenvalue weighted by Crippen LogP contribution is 2.29. The lowest BCUT2D eigenvalue weighted by Crippen LogP contribution is -2.12. The van der Waals surface area contributed by atoms with Gasteiger partial charge in [0.25, 0.3) is 0 Å². The summed E-state index contributed by atoms with van der Waals surface area (Å²) < 4.78 is 49.6. The monoisotopic (exact) mass is 442 g/mol. The summed E-state index contributed by atoms with van der Waals surface area (Å²) in [6.45, 7) is 0.132. The normalized spacial score (nSPS) is 14.5. The highest BCUT2D eigenvalue weighted by Gasteiger charge is 2.29. The molecule has 1 atom stereocenters. The van der Waals surface area contributed by atoms with E-state index >= 15 is 0 Å². The quantitative estimate of drug-likeness (QED) is 0.470. The van der Waals surface area contributed by atoms with E-state index in [1.165, 1.54) is 12.3 Å². The molecule has 0 spiro atoms. The molecule has 1 aromatic carbocycles. The average molecular weight is 442 g/mol. The summed E-state index contributed by atoms with van der Waals surface area (Å²) in [5.41, 5.74) is 1.81. The fourth-order valence-corrected chi connectivity index (χ4v) is 4.07. The smallest absolute Gasteiger partial charge is 0.184 e. The van der Waals surface area contributed by atoms with E-state index in [0.29, 0.717) is 22.6 Å². The zero-order chi connectivity index (χ0) is 21.4. The van der Waals surface area contributed by atoms with Crippen molar-refractivity contribution in [1.29, 1.82) is 0 Å². The van der Waals surface area contributed by atoms with Crippen molar-refractivity contribution < 1.29 is 17.5 Å². The van der Waals surface area contributed by atoms with Gasteiger partial charge in [0.2, 0.25) is 0 Å². The first-order valence-electron chi connectivity index (χ1n) is 9.50. The summed E-state index contributed by atoms with van der Waals surface area (Å²) in [5, 5.41) is 8.43. The van der Waals surface area contributed by atoms with Crippen molar-refractivity contribution in [2.24, 2.45) is 0 Å². The van der Waals surface area contributed by atoms with Gasteiger partial charge < -0.3 is 4.52 Å². The molecule has 0 radical (unpaired) electrons. The molecule has 3 heterocycles. The van der Waals surface area contributed by atoms with Crippen LogP contribution in [0.2, 0.25) is 0 Å². The largest absolute Gasteiger partial charge is 0.364 e. The van der Waals surface area contributed by atoms with Gasteiger partial charge in [0.1, 0.15) is 34.5 Å². The average Bonchev–Trinajstić information content (AvgIpc) is 3.32. The Hall–Kier alpha value is -3.47. The van der Waals surface area contributed by atoms with Gasteiger partial charge in [-0.2, -0.15) is 5.10 Å². The molecule has 0 amide bonds. The minimum absolute atomic E-state index is 0.0107. The zero-order valence-electron chi connectivity index (χ0n) is 16.0. The Morgan fingerprint density at radius 1 is 1.16 bits per heavy atom. The molecule has 11 heteroatoms. The molecule has 3 aromatic heterocycles. The lowest BCUT2D eigenvalue weighted by molar-refractivity contribution is 0.421. The van der Waals surface area contributed by atoms with Crippen molar-refractivity contribution in [3.05, 3.63) is 66.1 Å². The summed E-state index contributed by atoms with van der Waals surface area (Å²) in [7, 11) is -1.41. The molecule has 158 valence electrons. The third kappa shape index (κ3) is 4.08. The second kappa shape index (κ2) is 7.99. The molecule has 4 aromatic rings. The van der Waals surface area contributed by atoms with Crippen molar-refractivity contribution >= 4 is 16.8 Å². The van der Waals surface area contributed by atoms with E-state index < -0.39 is 16.8 Å². The van der Waals surface area contributed by atoms with Gasteiger partial charge in [-0.3, -0.25) is 9.40 Å². The molecule has 1 saturated carbocycles. The third-order valence-corrected chi connectivity index (χ3v) is 6.23. The Morgan fingerprint density at radius 3 is 2.74 bits per heavy atom. The third-order valence-electron chi connectivity index (χ3n) is 4.76. The maximum absolute atomic E-state index is 14.2. The van der Waals surface area contributed by atoms with Crippen LogP contribution in [0.15, 0.2) is 53.4 Å². The Balaban J connectivity index is 1.52. The summed E-state index contributed by atoms with van der Waals surface area (Å²) in [4.78, 5) is 8.19. The number of hydrogen-bond donors (Lipinski definition) is 1. The van der Waals surface area contributed by atoms with Gasteiger partial charge in [-0.25, -0.2) is 23.0 Å². The lowest BCUT2D eigenvalue weighted by atomic mass is 10.2. The predicted molar refractivity (Wildman–Crippen MR) is 109 cm³/mol. The second-order valence-corrected chi connectivity index (χ2v) is 8.50. The molecule has 31 heavy (non-hydrogen) atoms. The first-order valence-corrected chi connectivity index (χ1v) is 10.7. The van der Waals surface area contributed by atoms with Crippen LogP contribution in [-0.4, -0.2) is 34.4 Å². The van der Waals surface area contributed by atoms with Gasteiger partial charge in [-0.05, 0) is 25.0 Å². The molecule has 1 aliphatic carbocycles. The van der Waals surface area contributed by atoms with Crippen LogP contribution in [0.4, 0.5) is 14.6 Å². The SMILES string of the molecule is O=S(Nc1nc(-c2cc(-c3ccon3)n(Cc3ccccc3F)n2)ncc1F)C1CC1. The van der Waals surface area contributed by atoms with Crippen molar-refractivity contribution in [1.82, 2.24) is 24.9 Å². The molecule has 0 saturated heterocycles. The molecule has 0 aliphatic heterocycles. The number of anilines is 1. The van der Waals surface area contributed by atoms with Gasteiger partial charge in [-0.1, -0.05) is 23.4 Å².